The second-order valence-electron chi connectivity index (χ2n) is 3.09. The molecule has 12 heavy (non-hydrogen) atoms. The maximum absolute atomic E-state index is 10.5. The summed E-state index contributed by atoms with van der Waals surface area (Å²) in [6.45, 7) is 3.52. The van der Waals surface area contributed by atoms with Gasteiger partial charge in [-0.05, 0) is 13.8 Å². The number of carbonyl (C=O) groups excluding carboxylic acids is 1. The Hall–Kier alpha value is -0.610. The number of methoxy groups -OCH3 is 1. The molecular weight excluding hydrogens is 160 g/mol. The molecule has 0 aliphatic rings. The number of aliphatic hydroxyl groups is 1. The van der Waals surface area contributed by atoms with Crippen LogP contribution in [0.3, 0.4) is 0 Å². The Morgan fingerprint density at radius 2 is 2.08 bits per heavy atom. The van der Waals surface area contributed by atoms with Crippen molar-refractivity contribution in [1.82, 2.24) is 0 Å². The van der Waals surface area contributed by atoms with E-state index in [0.717, 1.165) is 0 Å². The van der Waals surface area contributed by atoms with Crippen LogP contribution in [0.1, 0.15) is 20.3 Å². The molecular formula is C8H16O4. The van der Waals surface area contributed by atoms with Crippen LogP contribution in [-0.4, -0.2) is 37.0 Å². The number of ether oxygens (including phenoxy) is 2. The largest absolute Gasteiger partial charge is 0.464 e. The third-order valence-electron chi connectivity index (χ3n) is 1.65. The van der Waals surface area contributed by atoms with Crippen molar-refractivity contribution in [3.63, 3.8) is 0 Å². The van der Waals surface area contributed by atoms with E-state index < -0.39 is 12.6 Å². The van der Waals surface area contributed by atoms with Gasteiger partial charge in [-0.2, -0.15) is 0 Å². The number of esters is 1. The van der Waals surface area contributed by atoms with E-state index in [-0.39, 0.29) is 12.2 Å². The first-order chi connectivity index (χ1) is 5.52. The van der Waals surface area contributed by atoms with E-state index in [4.69, 9.17) is 9.84 Å². The summed E-state index contributed by atoms with van der Waals surface area (Å²) in [7, 11) is 1.61. The summed E-state index contributed by atoms with van der Waals surface area (Å²) in [6, 6.07) is 0. The molecule has 4 nitrogen and oxygen atoms in total. The summed E-state index contributed by atoms with van der Waals surface area (Å²) in [5.41, 5.74) is -0.282. The molecule has 0 aliphatic carbocycles. The van der Waals surface area contributed by atoms with Gasteiger partial charge in [-0.15, -0.1) is 0 Å². The first kappa shape index (κ1) is 11.4. The van der Waals surface area contributed by atoms with Gasteiger partial charge in [0.15, 0.2) is 0 Å². The van der Waals surface area contributed by atoms with Gasteiger partial charge in [0.05, 0.1) is 12.2 Å². The average molecular weight is 176 g/mol. The molecule has 0 amide bonds. The van der Waals surface area contributed by atoms with Crippen LogP contribution in [0.5, 0.6) is 0 Å². The van der Waals surface area contributed by atoms with E-state index in [1.807, 2.05) is 13.8 Å². The third kappa shape index (κ3) is 5.09. The summed E-state index contributed by atoms with van der Waals surface area (Å²) in [5, 5.41) is 8.32. The van der Waals surface area contributed by atoms with Crippen molar-refractivity contribution in [2.75, 3.05) is 20.3 Å². The monoisotopic (exact) mass is 176 g/mol. The van der Waals surface area contributed by atoms with Gasteiger partial charge in [-0.3, -0.25) is 0 Å². The highest BCUT2D eigenvalue weighted by Gasteiger charge is 2.16. The van der Waals surface area contributed by atoms with E-state index in [1.54, 1.807) is 7.11 Å². The molecule has 1 N–H and O–H groups in total. The van der Waals surface area contributed by atoms with Gasteiger partial charge < -0.3 is 14.6 Å². The van der Waals surface area contributed by atoms with Gasteiger partial charge in [0, 0.05) is 13.5 Å². The molecule has 0 spiro atoms. The molecule has 0 rings (SSSR count). The van der Waals surface area contributed by atoms with Crippen molar-refractivity contribution < 1.29 is 19.4 Å². The van der Waals surface area contributed by atoms with E-state index in [1.165, 1.54) is 0 Å². The van der Waals surface area contributed by atoms with Crippen LogP contribution >= 0.6 is 0 Å². The van der Waals surface area contributed by atoms with Crippen LogP contribution in [0.2, 0.25) is 0 Å². The highest BCUT2D eigenvalue weighted by Crippen LogP contribution is 2.12. The molecule has 0 bridgehead atoms. The number of carbonyl (C=O) groups is 1. The van der Waals surface area contributed by atoms with Crippen LogP contribution < -0.4 is 0 Å². The minimum Gasteiger partial charge on any atom is -0.464 e. The van der Waals surface area contributed by atoms with Gasteiger partial charge in [0.1, 0.15) is 6.61 Å². The number of hydrogen-bond donors (Lipinski definition) is 1. The Morgan fingerprint density at radius 1 is 1.50 bits per heavy atom. The molecule has 0 saturated carbocycles. The van der Waals surface area contributed by atoms with E-state index in [0.29, 0.717) is 6.42 Å². The molecule has 0 aromatic carbocycles. The Morgan fingerprint density at radius 3 is 2.50 bits per heavy atom. The van der Waals surface area contributed by atoms with Gasteiger partial charge in [0.25, 0.3) is 0 Å². The second kappa shape index (κ2) is 5.11. The summed E-state index contributed by atoms with van der Waals surface area (Å²) < 4.78 is 9.76. The zero-order chi connectivity index (χ0) is 9.61. The SMILES string of the molecule is COC(C)(C)CCOC(=O)CO. The van der Waals surface area contributed by atoms with Crippen LogP contribution in [0, 0.1) is 0 Å². The molecule has 0 aromatic heterocycles. The molecule has 0 aromatic rings. The van der Waals surface area contributed by atoms with Gasteiger partial charge in [0.2, 0.25) is 0 Å². The zero-order valence-corrected chi connectivity index (χ0v) is 7.79. The van der Waals surface area contributed by atoms with Crippen molar-refractivity contribution in [1.29, 1.82) is 0 Å². The fourth-order valence-electron chi connectivity index (χ4n) is 0.558. The fraction of sp³-hybridized carbons (Fsp3) is 0.875. The average Bonchev–Trinajstić information content (AvgIpc) is 2.04. The molecule has 0 unspecified atom stereocenters. The van der Waals surface area contributed by atoms with Gasteiger partial charge >= 0.3 is 5.97 Å². The Balaban J connectivity index is 3.49. The van der Waals surface area contributed by atoms with Crippen LogP contribution in [0.25, 0.3) is 0 Å². The first-order valence-corrected chi connectivity index (χ1v) is 3.83. The summed E-state index contributed by atoms with van der Waals surface area (Å²) in [6.07, 6.45) is 0.620. The summed E-state index contributed by atoms with van der Waals surface area (Å²) in [4.78, 5) is 10.5. The molecule has 0 heterocycles. The maximum atomic E-state index is 10.5. The van der Waals surface area contributed by atoms with Crippen molar-refractivity contribution in [3.05, 3.63) is 0 Å². The van der Waals surface area contributed by atoms with Crippen LogP contribution in [-0.2, 0) is 14.3 Å². The smallest absolute Gasteiger partial charge is 0.331 e. The minimum absolute atomic E-state index is 0.278. The van der Waals surface area contributed by atoms with E-state index in [2.05, 4.69) is 4.74 Å². The molecule has 72 valence electrons. The quantitative estimate of drug-likeness (QED) is 0.613. The molecule has 0 atom stereocenters. The lowest BCUT2D eigenvalue weighted by Gasteiger charge is -2.22. The van der Waals surface area contributed by atoms with Crippen molar-refractivity contribution in [3.8, 4) is 0 Å². The van der Waals surface area contributed by atoms with Crippen molar-refractivity contribution in [2.45, 2.75) is 25.9 Å². The van der Waals surface area contributed by atoms with Crippen LogP contribution in [0.4, 0.5) is 0 Å². The highest BCUT2D eigenvalue weighted by atomic mass is 16.5. The lowest BCUT2D eigenvalue weighted by atomic mass is 10.1. The number of aliphatic hydroxyl groups excluding tert-OH is 1. The Labute approximate surface area is 72.5 Å². The lowest BCUT2D eigenvalue weighted by molar-refractivity contribution is -0.148. The first-order valence-electron chi connectivity index (χ1n) is 3.83. The summed E-state index contributed by atoms with van der Waals surface area (Å²) >= 11 is 0. The minimum atomic E-state index is -0.595. The zero-order valence-electron chi connectivity index (χ0n) is 7.79. The number of hydrogen-bond acceptors (Lipinski definition) is 4. The Bertz CT molecular complexity index is 142. The summed E-state index contributed by atoms with van der Waals surface area (Å²) in [5.74, 6) is -0.595. The third-order valence-corrected chi connectivity index (χ3v) is 1.65. The topological polar surface area (TPSA) is 55.8 Å². The molecule has 0 aliphatic heterocycles. The van der Waals surface area contributed by atoms with Crippen molar-refractivity contribution in [2.24, 2.45) is 0 Å². The molecule has 0 saturated heterocycles. The molecule has 0 radical (unpaired) electrons. The van der Waals surface area contributed by atoms with Crippen molar-refractivity contribution >= 4 is 5.97 Å². The number of rotatable bonds is 5. The fourth-order valence-corrected chi connectivity index (χ4v) is 0.558. The van der Waals surface area contributed by atoms with Gasteiger partial charge in [-0.25, -0.2) is 4.79 Å². The highest BCUT2D eigenvalue weighted by molar-refractivity contribution is 5.70. The predicted octanol–water partition coefficient (Wildman–Crippen LogP) is 0.337. The standard InChI is InChI=1S/C8H16O4/c1-8(2,11-3)4-5-12-7(10)6-9/h9H,4-6H2,1-3H3. The second-order valence-corrected chi connectivity index (χ2v) is 3.09. The lowest BCUT2D eigenvalue weighted by Crippen LogP contribution is -2.25. The Kier molecular flexibility index (Phi) is 4.85. The maximum Gasteiger partial charge on any atom is 0.331 e. The molecule has 0 fully saturated rings. The predicted molar refractivity (Wildman–Crippen MR) is 43.7 cm³/mol. The van der Waals surface area contributed by atoms with Gasteiger partial charge in [-0.1, -0.05) is 0 Å². The van der Waals surface area contributed by atoms with E-state index in [9.17, 15) is 4.79 Å². The normalized spacial score (nSPS) is 11.3. The molecule has 4 heteroatoms. The van der Waals surface area contributed by atoms with E-state index >= 15 is 0 Å². The van der Waals surface area contributed by atoms with Crippen LogP contribution in [0.15, 0.2) is 0 Å².